The number of hydrogen-bond acceptors (Lipinski definition) is 6. The summed E-state index contributed by atoms with van der Waals surface area (Å²) in [5.74, 6) is 0.0692. The molecule has 0 amide bonds. The SMILES string of the molecule is CCOC(=O)c1c(C)n(-c2ccc(OC)cc2)c2ccc(OC(=O)c3ccco3)cc12. The minimum atomic E-state index is -0.617. The molecule has 4 aromatic rings. The van der Waals surface area contributed by atoms with Crippen molar-refractivity contribution in [2.75, 3.05) is 13.7 Å². The number of furan rings is 1. The molecule has 4 rings (SSSR count). The minimum absolute atomic E-state index is 0.0951. The summed E-state index contributed by atoms with van der Waals surface area (Å²) in [5, 5.41) is 0.622. The molecule has 0 N–H and O–H groups in total. The van der Waals surface area contributed by atoms with Gasteiger partial charge in [0.15, 0.2) is 0 Å². The average Bonchev–Trinajstić information content (AvgIpc) is 3.40. The molecule has 0 spiro atoms. The van der Waals surface area contributed by atoms with Crippen molar-refractivity contribution in [3.05, 3.63) is 77.9 Å². The number of esters is 2. The molecule has 0 aliphatic rings. The van der Waals surface area contributed by atoms with E-state index in [9.17, 15) is 9.59 Å². The molecule has 0 atom stereocenters. The molecule has 7 nitrogen and oxygen atoms in total. The van der Waals surface area contributed by atoms with Gasteiger partial charge >= 0.3 is 11.9 Å². The highest BCUT2D eigenvalue weighted by atomic mass is 16.5. The van der Waals surface area contributed by atoms with E-state index in [4.69, 9.17) is 18.6 Å². The zero-order chi connectivity index (χ0) is 22.0. The number of nitrogens with zero attached hydrogens (tertiary/aromatic N) is 1. The van der Waals surface area contributed by atoms with Gasteiger partial charge in [0, 0.05) is 16.8 Å². The first-order chi connectivity index (χ1) is 15.0. The smallest absolute Gasteiger partial charge is 0.379 e. The zero-order valence-electron chi connectivity index (χ0n) is 17.4. The van der Waals surface area contributed by atoms with Gasteiger partial charge < -0.3 is 23.2 Å². The number of ether oxygens (including phenoxy) is 3. The number of carbonyl (C=O) groups excluding carboxylic acids is 2. The lowest BCUT2D eigenvalue weighted by atomic mass is 10.1. The maximum Gasteiger partial charge on any atom is 0.379 e. The van der Waals surface area contributed by atoms with Gasteiger partial charge in [0.05, 0.1) is 31.1 Å². The van der Waals surface area contributed by atoms with Gasteiger partial charge in [-0.2, -0.15) is 0 Å². The molecule has 0 aliphatic carbocycles. The lowest BCUT2D eigenvalue weighted by Gasteiger charge is -2.10. The van der Waals surface area contributed by atoms with Crippen molar-refractivity contribution in [1.82, 2.24) is 4.57 Å². The van der Waals surface area contributed by atoms with Crippen LogP contribution in [0.1, 0.15) is 33.5 Å². The van der Waals surface area contributed by atoms with Crippen LogP contribution in [0.15, 0.2) is 65.3 Å². The number of carbonyl (C=O) groups is 2. The van der Waals surface area contributed by atoms with E-state index in [1.165, 1.54) is 12.3 Å². The summed E-state index contributed by atoms with van der Waals surface area (Å²) in [6.45, 7) is 3.86. The normalized spacial score (nSPS) is 10.8. The molecular weight excluding hydrogens is 398 g/mol. The summed E-state index contributed by atoms with van der Waals surface area (Å²) in [6, 6.07) is 15.8. The molecule has 31 heavy (non-hydrogen) atoms. The van der Waals surface area contributed by atoms with E-state index in [2.05, 4.69) is 0 Å². The van der Waals surface area contributed by atoms with Crippen LogP contribution in [0, 0.1) is 6.92 Å². The van der Waals surface area contributed by atoms with Crippen LogP contribution in [-0.2, 0) is 4.74 Å². The number of hydrogen-bond donors (Lipinski definition) is 0. The van der Waals surface area contributed by atoms with E-state index >= 15 is 0 Å². The van der Waals surface area contributed by atoms with E-state index in [1.807, 2.05) is 35.8 Å². The topological polar surface area (TPSA) is 79.9 Å². The Morgan fingerprint density at radius 2 is 1.74 bits per heavy atom. The van der Waals surface area contributed by atoms with Gasteiger partial charge in [-0.05, 0) is 68.4 Å². The Kier molecular flexibility index (Phi) is 5.49. The first kappa shape index (κ1) is 20.3. The largest absolute Gasteiger partial charge is 0.497 e. The van der Waals surface area contributed by atoms with Crippen molar-refractivity contribution in [3.8, 4) is 17.2 Å². The fourth-order valence-electron chi connectivity index (χ4n) is 3.54. The number of rotatable bonds is 6. The predicted octanol–water partition coefficient (Wildman–Crippen LogP) is 4.94. The third kappa shape index (κ3) is 3.77. The summed E-state index contributed by atoms with van der Waals surface area (Å²) in [4.78, 5) is 25.0. The quantitative estimate of drug-likeness (QED) is 0.325. The number of fused-ring (bicyclic) bond motifs is 1. The molecule has 0 saturated carbocycles. The van der Waals surface area contributed by atoms with Gasteiger partial charge in [-0.25, -0.2) is 9.59 Å². The number of aromatic nitrogens is 1. The van der Waals surface area contributed by atoms with E-state index in [0.717, 1.165) is 17.0 Å². The Bertz CT molecular complexity index is 1240. The monoisotopic (exact) mass is 419 g/mol. The molecule has 0 fully saturated rings. The summed E-state index contributed by atoms with van der Waals surface area (Å²) in [5.41, 5.74) is 2.78. The third-order valence-electron chi connectivity index (χ3n) is 4.92. The summed E-state index contributed by atoms with van der Waals surface area (Å²) >= 11 is 0. The van der Waals surface area contributed by atoms with Gasteiger partial charge in [0.1, 0.15) is 11.5 Å². The molecule has 0 radical (unpaired) electrons. The van der Waals surface area contributed by atoms with Crippen molar-refractivity contribution in [1.29, 1.82) is 0 Å². The Balaban J connectivity index is 1.83. The van der Waals surface area contributed by atoms with Crippen molar-refractivity contribution in [2.45, 2.75) is 13.8 Å². The minimum Gasteiger partial charge on any atom is -0.497 e. The molecular formula is C24H21NO6. The molecule has 2 aromatic carbocycles. The number of methoxy groups -OCH3 is 1. The van der Waals surface area contributed by atoms with Crippen LogP contribution in [-0.4, -0.2) is 30.2 Å². The van der Waals surface area contributed by atoms with Crippen molar-refractivity contribution < 1.29 is 28.2 Å². The highest BCUT2D eigenvalue weighted by Gasteiger charge is 2.23. The average molecular weight is 419 g/mol. The molecule has 0 saturated heterocycles. The Morgan fingerprint density at radius 3 is 2.39 bits per heavy atom. The first-order valence-electron chi connectivity index (χ1n) is 9.75. The van der Waals surface area contributed by atoms with Gasteiger partial charge in [-0.15, -0.1) is 0 Å². The van der Waals surface area contributed by atoms with Crippen LogP contribution < -0.4 is 9.47 Å². The maximum atomic E-state index is 12.8. The fraction of sp³-hybridized carbons (Fsp3) is 0.167. The second-order valence-corrected chi connectivity index (χ2v) is 6.76. The van der Waals surface area contributed by atoms with E-state index in [0.29, 0.717) is 22.4 Å². The fourth-order valence-corrected chi connectivity index (χ4v) is 3.54. The van der Waals surface area contributed by atoms with Crippen molar-refractivity contribution >= 4 is 22.8 Å². The second kappa shape index (κ2) is 8.39. The first-order valence-corrected chi connectivity index (χ1v) is 9.75. The highest BCUT2D eigenvalue weighted by Crippen LogP contribution is 2.33. The maximum absolute atomic E-state index is 12.8. The van der Waals surface area contributed by atoms with E-state index in [1.54, 1.807) is 38.3 Å². The van der Waals surface area contributed by atoms with E-state index < -0.39 is 11.9 Å². The van der Waals surface area contributed by atoms with Crippen LogP contribution in [0.3, 0.4) is 0 Å². The molecule has 158 valence electrons. The molecule has 2 heterocycles. The van der Waals surface area contributed by atoms with Crippen molar-refractivity contribution in [3.63, 3.8) is 0 Å². The Labute approximate surface area is 178 Å². The van der Waals surface area contributed by atoms with Gasteiger partial charge in [0.25, 0.3) is 0 Å². The lowest BCUT2D eigenvalue weighted by molar-refractivity contribution is 0.0527. The molecule has 0 bridgehead atoms. The second-order valence-electron chi connectivity index (χ2n) is 6.76. The predicted molar refractivity (Wildman–Crippen MR) is 114 cm³/mol. The van der Waals surface area contributed by atoms with Crippen LogP contribution in [0.5, 0.6) is 11.5 Å². The molecule has 7 heteroatoms. The van der Waals surface area contributed by atoms with Crippen LogP contribution >= 0.6 is 0 Å². The Morgan fingerprint density at radius 1 is 1.00 bits per heavy atom. The summed E-state index contributed by atoms with van der Waals surface area (Å²) in [7, 11) is 1.61. The third-order valence-corrected chi connectivity index (χ3v) is 4.92. The highest BCUT2D eigenvalue weighted by molar-refractivity contribution is 6.07. The molecule has 0 aliphatic heterocycles. The number of benzene rings is 2. The molecule has 0 unspecified atom stereocenters. The Hall–Kier alpha value is -4.00. The van der Waals surface area contributed by atoms with Gasteiger partial charge in [0.2, 0.25) is 5.76 Å². The zero-order valence-corrected chi connectivity index (χ0v) is 17.4. The van der Waals surface area contributed by atoms with Crippen LogP contribution in [0.4, 0.5) is 0 Å². The van der Waals surface area contributed by atoms with Crippen LogP contribution in [0.25, 0.3) is 16.6 Å². The van der Waals surface area contributed by atoms with Gasteiger partial charge in [-0.3, -0.25) is 0 Å². The standard InChI is InChI=1S/C24H21NO6/c1-4-29-24(27)22-15(2)25(16-7-9-17(28-3)10-8-16)20-12-11-18(14-19(20)22)31-23(26)21-6-5-13-30-21/h5-14H,4H2,1-3H3. The molecule has 2 aromatic heterocycles. The summed E-state index contributed by atoms with van der Waals surface area (Å²) in [6.07, 6.45) is 1.40. The van der Waals surface area contributed by atoms with Crippen molar-refractivity contribution in [2.24, 2.45) is 0 Å². The summed E-state index contributed by atoms with van der Waals surface area (Å²) < 4.78 is 23.0. The van der Waals surface area contributed by atoms with Gasteiger partial charge in [-0.1, -0.05) is 0 Å². The lowest BCUT2D eigenvalue weighted by Crippen LogP contribution is -2.08. The van der Waals surface area contributed by atoms with E-state index in [-0.39, 0.29) is 12.4 Å². The van der Waals surface area contributed by atoms with Crippen LogP contribution in [0.2, 0.25) is 0 Å².